The van der Waals surface area contributed by atoms with E-state index < -0.39 is 0 Å². The predicted molar refractivity (Wildman–Crippen MR) is 172 cm³/mol. The van der Waals surface area contributed by atoms with E-state index in [4.69, 9.17) is 20.2 Å². The Labute approximate surface area is 258 Å². The van der Waals surface area contributed by atoms with Crippen molar-refractivity contribution in [2.45, 2.75) is 50.6 Å². The molecule has 6 rings (SSSR count). The van der Waals surface area contributed by atoms with E-state index in [1.54, 1.807) is 13.2 Å². The number of anilines is 1. The second-order valence-electron chi connectivity index (χ2n) is 12.1. The molecule has 0 radical (unpaired) electrons. The molecule has 1 saturated heterocycles. The van der Waals surface area contributed by atoms with Crippen molar-refractivity contribution in [1.29, 1.82) is 0 Å². The minimum absolute atomic E-state index is 0.0419. The predicted octanol–water partition coefficient (Wildman–Crippen LogP) is 5.37. The zero-order valence-corrected chi connectivity index (χ0v) is 25.7. The van der Waals surface area contributed by atoms with Gasteiger partial charge >= 0.3 is 0 Å². The fourth-order valence-corrected chi connectivity index (χ4v) is 6.56. The van der Waals surface area contributed by atoms with E-state index in [0.717, 1.165) is 65.3 Å². The molecule has 4 aromatic rings. The fourth-order valence-electron chi connectivity index (χ4n) is 6.56. The number of likely N-dealkylation sites (tertiary alicyclic amines) is 1. The van der Waals surface area contributed by atoms with Gasteiger partial charge in [-0.25, -0.2) is 9.37 Å². The van der Waals surface area contributed by atoms with Gasteiger partial charge in [0.2, 0.25) is 5.91 Å². The molecule has 3 heterocycles. The van der Waals surface area contributed by atoms with Gasteiger partial charge in [0.15, 0.2) is 5.82 Å². The Bertz CT molecular complexity index is 1600. The molecule has 3 aromatic carbocycles. The highest BCUT2D eigenvalue weighted by Gasteiger charge is 2.29. The molecule has 8 nitrogen and oxygen atoms in total. The van der Waals surface area contributed by atoms with Crippen molar-refractivity contribution >= 4 is 22.6 Å². The summed E-state index contributed by atoms with van der Waals surface area (Å²) in [4.78, 5) is 22.3. The van der Waals surface area contributed by atoms with Crippen molar-refractivity contribution in [1.82, 2.24) is 14.5 Å². The number of fused-ring (bicyclic) bond motifs is 2. The second-order valence-corrected chi connectivity index (χ2v) is 12.1. The maximum absolute atomic E-state index is 14.7. The average Bonchev–Trinajstić information content (AvgIpc) is 3.41. The van der Waals surface area contributed by atoms with Gasteiger partial charge in [0, 0.05) is 58.8 Å². The topological polar surface area (TPSA) is 85.8 Å². The maximum Gasteiger partial charge on any atom is 0.224 e. The van der Waals surface area contributed by atoms with Crippen molar-refractivity contribution in [3.05, 3.63) is 77.9 Å². The van der Waals surface area contributed by atoms with Gasteiger partial charge in [-0.2, -0.15) is 0 Å². The van der Waals surface area contributed by atoms with Crippen LogP contribution in [-0.4, -0.2) is 73.4 Å². The number of nitrogens with zero attached hydrogens (tertiary/aromatic N) is 4. The smallest absolute Gasteiger partial charge is 0.224 e. The van der Waals surface area contributed by atoms with Gasteiger partial charge in [-0.15, -0.1) is 0 Å². The molecule has 232 valence electrons. The highest BCUT2D eigenvalue weighted by Crippen LogP contribution is 2.35. The van der Waals surface area contributed by atoms with Gasteiger partial charge in [-0.1, -0.05) is 36.4 Å². The summed E-state index contributed by atoms with van der Waals surface area (Å²) >= 11 is 0. The molecular formula is C35H42FN5O3. The van der Waals surface area contributed by atoms with Crippen LogP contribution in [0.2, 0.25) is 0 Å². The monoisotopic (exact) mass is 599 g/mol. The van der Waals surface area contributed by atoms with Crippen LogP contribution in [0.5, 0.6) is 5.75 Å². The van der Waals surface area contributed by atoms with Gasteiger partial charge in [0.05, 0.1) is 17.7 Å². The number of methoxy groups -OCH3 is 1. The standard InChI is InChI=1S/C35H42FN5O3/c1-39-17-19-44-32-21-26(13-14-30(32)39)25-11-9-24(10-12-25)20-28(37)22-33(42)40-15-4-6-27(23-40)35-38-34-29(36)7-3-8-31(34)41(35)16-5-18-43-2/h3,7-14,21,27-28H,4-6,15-20,22-23,37H2,1-2H3/t27-,28-/m1/s1. The summed E-state index contributed by atoms with van der Waals surface area (Å²) in [5.41, 5.74) is 12.1. The average molecular weight is 600 g/mol. The van der Waals surface area contributed by atoms with E-state index in [-0.39, 0.29) is 30.1 Å². The summed E-state index contributed by atoms with van der Waals surface area (Å²) in [6.45, 7) is 4.16. The lowest BCUT2D eigenvalue weighted by Gasteiger charge is -2.33. The van der Waals surface area contributed by atoms with Crippen LogP contribution >= 0.6 is 0 Å². The Morgan fingerprint density at radius 2 is 1.95 bits per heavy atom. The molecule has 1 fully saturated rings. The number of halogens is 1. The lowest BCUT2D eigenvalue weighted by Crippen LogP contribution is -2.42. The maximum atomic E-state index is 14.7. The summed E-state index contributed by atoms with van der Waals surface area (Å²) in [7, 11) is 3.76. The Morgan fingerprint density at radius 3 is 2.77 bits per heavy atom. The number of piperidine rings is 1. The summed E-state index contributed by atoms with van der Waals surface area (Å²) in [5.74, 6) is 1.55. The first-order chi connectivity index (χ1) is 21.4. The number of rotatable bonds is 10. The molecule has 44 heavy (non-hydrogen) atoms. The number of hydrogen-bond acceptors (Lipinski definition) is 6. The van der Waals surface area contributed by atoms with Gasteiger partial charge in [-0.05, 0) is 66.6 Å². The lowest BCUT2D eigenvalue weighted by molar-refractivity contribution is -0.132. The third-order valence-corrected chi connectivity index (χ3v) is 8.91. The van der Waals surface area contributed by atoms with Crippen LogP contribution in [0.3, 0.4) is 0 Å². The van der Waals surface area contributed by atoms with Crippen LogP contribution in [0.1, 0.15) is 43.0 Å². The molecule has 9 heteroatoms. The SMILES string of the molecule is COCCCn1c([C@@H]2CCCN(C(=O)C[C@H](N)Cc3ccc(-c4ccc5c(c4)OCCN5C)cc3)C2)nc2c(F)cccc21. The van der Waals surface area contributed by atoms with E-state index in [9.17, 15) is 9.18 Å². The zero-order valence-electron chi connectivity index (χ0n) is 25.7. The normalized spacial score (nSPS) is 17.4. The van der Waals surface area contributed by atoms with Crippen LogP contribution in [-0.2, 0) is 22.5 Å². The van der Waals surface area contributed by atoms with Gasteiger partial charge in [0.25, 0.3) is 0 Å². The molecule has 2 atom stereocenters. The van der Waals surface area contributed by atoms with Crippen LogP contribution in [0.25, 0.3) is 22.2 Å². The Morgan fingerprint density at radius 1 is 1.14 bits per heavy atom. The highest BCUT2D eigenvalue weighted by atomic mass is 19.1. The third kappa shape index (κ3) is 6.44. The number of carbonyl (C=O) groups is 1. The van der Waals surface area contributed by atoms with Crippen molar-refractivity contribution < 1.29 is 18.7 Å². The van der Waals surface area contributed by atoms with E-state index >= 15 is 0 Å². The van der Waals surface area contributed by atoms with Crippen LogP contribution in [0.4, 0.5) is 10.1 Å². The van der Waals surface area contributed by atoms with E-state index in [1.807, 2.05) is 11.0 Å². The van der Waals surface area contributed by atoms with E-state index in [1.165, 1.54) is 6.07 Å². The van der Waals surface area contributed by atoms with Crippen LogP contribution in [0, 0.1) is 5.82 Å². The Hall–Kier alpha value is -3.95. The first kappa shape index (κ1) is 30.1. The third-order valence-electron chi connectivity index (χ3n) is 8.91. The van der Waals surface area contributed by atoms with Gasteiger partial charge < -0.3 is 29.6 Å². The largest absolute Gasteiger partial charge is 0.490 e. The van der Waals surface area contributed by atoms with Crippen molar-refractivity contribution in [3.8, 4) is 16.9 Å². The Kier molecular flexibility index (Phi) is 9.14. The van der Waals surface area contributed by atoms with E-state index in [0.29, 0.717) is 44.8 Å². The second kappa shape index (κ2) is 13.4. The Balaban J connectivity index is 1.08. The number of likely N-dealkylation sites (N-methyl/N-ethyl adjacent to an activating group) is 1. The zero-order chi connectivity index (χ0) is 30.6. The molecule has 2 aliphatic rings. The molecule has 0 spiro atoms. The van der Waals surface area contributed by atoms with Crippen LogP contribution in [0.15, 0.2) is 60.7 Å². The molecule has 2 N–H and O–H groups in total. The van der Waals surface area contributed by atoms with Crippen molar-refractivity contribution in [3.63, 3.8) is 0 Å². The van der Waals surface area contributed by atoms with Crippen molar-refractivity contribution in [2.75, 3.05) is 51.9 Å². The fraction of sp³-hybridized carbons (Fsp3) is 0.429. The first-order valence-corrected chi connectivity index (χ1v) is 15.7. The molecule has 2 aliphatic heterocycles. The number of aryl methyl sites for hydroxylation is 1. The molecule has 1 amide bonds. The number of nitrogens with two attached hydrogens (primary N) is 1. The summed E-state index contributed by atoms with van der Waals surface area (Å²) < 4.78 is 27.9. The number of benzene rings is 3. The quantitative estimate of drug-likeness (QED) is 0.247. The number of ether oxygens (including phenoxy) is 2. The van der Waals surface area contributed by atoms with E-state index in [2.05, 4.69) is 59.0 Å². The molecular weight excluding hydrogens is 557 g/mol. The summed E-state index contributed by atoms with van der Waals surface area (Å²) in [6, 6.07) is 19.5. The lowest BCUT2D eigenvalue weighted by atomic mass is 9.95. The molecule has 0 bridgehead atoms. The minimum Gasteiger partial charge on any atom is -0.490 e. The molecule has 1 aromatic heterocycles. The number of para-hydroxylation sites is 1. The number of aromatic nitrogens is 2. The number of hydrogen-bond donors (Lipinski definition) is 1. The number of amides is 1. The van der Waals surface area contributed by atoms with Crippen LogP contribution < -0.4 is 15.4 Å². The molecule has 0 aliphatic carbocycles. The molecule has 0 saturated carbocycles. The number of carbonyl (C=O) groups excluding carboxylic acids is 1. The minimum atomic E-state index is -0.318. The molecule has 0 unspecified atom stereocenters. The summed E-state index contributed by atoms with van der Waals surface area (Å²) in [6.07, 6.45) is 3.49. The highest BCUT2D eigenvalue weighted by molar-refractivity contribution is 5.78. The van der Waals surface area contributed by atoms with Gasteiger partial charge in [-0.3, -0.25) is 4.79 Å². The van der Waals surface area contributed by atoms with Crippen molar-refractivity contribution in [2.24, 2.45) is 5.73 Å². The summed E-state index contributed by atoms with van der Waals surface area (Å²) in [5, 5.41) is 0. The number of imidazole rings is 1. The first-order valence-electron chi connectivity index (χ1n) is 15.7. The van der Waals surface area contributed by atoms with Gasteiger partial charge in [0.1, 0.15) is 23.7 Å².